The number of benzene rings is 2. The molecule has 1 heterocycles. The van der Waals surface area contributed by atoms with E-state index in [1.807, 2.05) is 19.1 Å². The van der Waals surface area contributed by atoms with Crippen molar-refractivity contribution < 1.29 is 14.0 Å². The van der Waals surface area contributed by atoms with E-state index in [2.05, 4.69) is 0 Å². The van der Waals surface area contributed by atoms with Crippen LogP contribution in [0.1, 0.15) is 22.8 Å². The SMILES string of the molecule is Cc1ccc(C(=O)N2CCN(c3ccc(F)cc3)C(=O)[C@H]2C)cc1. The predicted molar refractivity (Wildman–Crippen MR) is 90.4 cm³/mol. The lowest BCUT2D eigenvalue weighted by Gasteiger charge is -2.39. The van der Waals surface area contributed by atoms with Crippen LogP contribution in [0.15, 0.2) is 48.5 Å². The Balaban J connectivity index is 1.78. The normalized spacial score (nSPS) is 18.0. The van der Waals surface area contributed by atoms with Crippen LogP contribution in [0, 0.1) is 12.7 Å². The van der Waals surface area contributed by atoms with E-state index in [0.29, 0.717) is 24.3 Å². The van der Waals surface area contributed by atoms with Crippen molar-refractivity contribution in [1.29, 1.82) is 0 Å². The number of anilines is 1. The highest BCUT2D eigenvalue weighted by molar-refractivity contribution is 6.03. The molecule has 1 fully saturated rings. The summed E-state index contributed by atoms with van der Waals surface area (Å²) in [7, 11) is 0. The summed E-state index contributed by atoms with van der Waals surface area (Å²) in [6.07, 6.45) is 0. The van der Waals surface area contributed by atoms with Gasteiger partial charge in [0.15, 0.2) is 0 Å². The van der Waals surface area contributed by atoms with Gasteiger partial charge in [-0.1, -0.05) is 17.7 Å². The summed E-state index contributed by atoms with van der Waals surface area (Å²) in [6, 6.07) is 12.6. The molecule has 0 aromatic heterocycles. The fourth-order valence-corrected chi connectivity index (χ4v) is 2.89. The minimum atomic E-state index is -0.558. The van der Waals surface area contributed by atoms with Crippen molar-refractivity contribution in [3.8, 4) is 0 Å². The van der Waals surface area contributed by atoms with E-state index in [-0.39, 0.29) is 17.6 Å². The second-order valence-corrected chi connectivity index (χ2v) is 6.01. The van der Waals surface area contributed by atoms with Gasteiger partial charge in [-0.15, -0.1) is 0 Å². The molecule has 1 aliphatic rings. The van der Waals surface area contributed by atoms with Gasteiger partial charge in [-0.25, -0.2) is 4.39 Å². The maximum Gasteiger partial charge on any atom is 0.254 e. The smallest absolute Gasteiger partial charge is 0.254 e. The van der Waals surface area contributed by atoms with Crippen LogP contribution in [0.4, 0.5) is 10.1 Å². The Morgan fingerprint density at radius 3 is 2.29 bits per heavy atom. The van der Waals surface area contributed by atoms with E-state index in [0.717, 1.165) is 5.56 Å². The molecule has 124 valence electrons. The van der Waals surface area contributed by atoms with Crippen LogP contribution in [0.2, 0.25) is 0 Å². The second-order valence-electron chi connectivity index (χ2n) is 6.01. The molecule has 1 aliphatic heterocycles. The van der Waals surface area contributed by atoms with Gasteiger partial charge in [-0.3, -0.25) is 9.59 Å². The highest BCUT2D eigenvalue weighted by Crippen LogP contribution is 2.22. The minimum absolute atomic E-state index is 0.144. The Morgan fingerprint density at radius 2 is 1.67 bits per heavy atom. The van der Waals surface area contributed by atoms with Crippen LogP contribution in [0.25, 0.3) is 0 Å². The average Bonchev–Trinajstić information content (AvgIpc) is 2.58. The lowest BCUT2D eigenvalue weighted by atomic mass is 10.1. The lowest BCUT2D eigenvalue weighted by molar-refractivity contribution is -0.124. The number of carbonyl (C=O) groups is 2. The molecule has 0 unspecified atom stereocenters. The summed E-state index contributed by atoms with van der Waals surface area (Å²) in [5.41, 5.74) is 2.31. The molecule has 0 radical (unpaired) electrons. The maximum atomic E-state index is 13.1. The van der Waals surface area contributed by atoms with E-state index >= 15 is 0 Å². The number of rotatable bonds is 2. The van der Waals surface area contributed by atoms with Crippen LogP contribution in [-0.4, -0.2) is 35.8 Å². The fraction of sp³-hybridized carbons (Fsp3) is 0.263. The number of hydrogen-bond acceptors (Lipinski definition) is 2. The maximum absolute atomic E-state index is 13.1. The molecule has 4 nitrogen and oxygen atoms in total. The van der Waals surface area contributed by atoms with Crippen molar-refractivity contribution in [2.75, 3.05) is 18.0 Å². The minimum Gasteiger partial charge on any atom is -0.325 e. The van der Waals surface area contributed by atoms with Crippen molar-refractivity contribution in [3.63, 3.8) is 0 Å². The molecular formula is C19H19FN2O2. The van der Waals surface area contributed by atoms with E-state index in [4.69, 9.17) is 0 Å². The molecule has 2 aromatic carbocycles. The molecule has 1 saturated heterocycles. The van der Waals surface area contributed by atoms with Crippen molar-refractivity contribution in [2.24, 2.45) is 0 Å². The Hall–Kier alpha value is -2.69. The van der Waals surface area contributed by atoms with Gasteiger partial charge < -0.3 is 9.80 Å². The first-order valence-electron chi connectivity index (χ1n) is 7.92. The van der Waals surface area contributed by atoms with E-state index in [1.165, 1.54) is 12.1 Å². The Kier molecular flexibility index (Phi) is 4.34. The zero-order valence-electron chi connectivity index (χ0n) is 13.7. The second kappa shape index (κ2) is 6.43. The fourth-order valence-electron chi connectivity index (χ4n) is 2.89. The molecule has 0 saturated carbocycles. The monoisotopic (exact) mass is 326 g/mol. The van der Waals surface area contributed by atoms with Gasteiger partial charge in [0.25, 0.3) is 5.91 Å². The van der Waals surface area contributed by atoms with Gasteiger partial charge in [0.05, 0.1) is 0 Å². The first-order chi connectivity index (χ1) is 11.5. The van der Waals surface area contributed by atoms with Crippen LogP contribution in [0.5, 0.6) is 0 Å². The topological polar surface area (TPSA) is 40.6 Å². The van der Waals surface area contributed by atoms with E-state index < -0.39 is 6.04 Å². The number of carbonyl (C=O) groups excluding carboxylic acids is 2. The highest BCUT2D eigenvalue weighted by atomic mass is 19.1. The van der Waals surface area contributed by atoms with Gasteiger partial charge in [0, 0.05) is 24.3 Å². The third kappa shape index (κ3) is 3.02. The largest absolute Gasteiger partial charge is 0.325 e. The van der Waals surface area contributed by atoms with Crippen molar-refractivity contribution in [3.05, 3.63) is 65.5 Å². The molecule has 2 aromatic rings. The molecule has 0 spiro atoms. The Labute approximate surface area is 140 Å². The van der Waals surface area contributed by atoms with Crippen LogP contribution in [-0.2, 0) is 4.79 Å². The molecule has 0 aliphatic carbocycles. The first kappa shape index (κ1) is 16.2. The quantitative estimate of drug-likeness (QED) is 0.851. The number of hydrogen-bond donors (Lipinski definition) is 0. The summed E-state index contributed by atoms with van der Waals surface area (Å²) in [5, 5.41) is 0. The summed E-state index contributed by atoms with van der Waals surface area (Å²) >= 11 is 0. The van der Waals surface area contributed by atoms with Crippen LogP contribution in [0.3, 0.4) is 0 Å². The number of amides is 2. The molecule has 24 heavy (non-hydrogen) atoms. The van der Waals surface area contributed by atoms with Gasteiger partial charge in [-0.2, -0.15) is 0 Å². The van der Waals surface area contributed by atoms with Crippen molar-refractivity contribution >= 4 is 17.5 Å². The van der Waals surface area contributed by atoms with Crippen molar-refractivity contribution in [2.45, 2.75) is 19.9 Å². The number of halogens is 1. The molecule has 1 atom stereocenters. The zero-order chi connectivity index (χ0) is 17.3. The summed E-state index contributed by atoms with van der Waals surface area (Å²) in [4.78, 5) is 28.5. The van der Waals surface area contributed by atoms with Gasteiger partial charge >= 0.3 is 0 Å². The van der Waals surface area contributed by atoms with E-state index in [9.17, 15) is 14.0 Å². The third-order valence-electron chi connectivity index (χ3n) is 4.35. The summed E-state index contributed by atoms with van der Waals surface area (Å²) in [6.45, 7) is 4.52. The Bertz CT molecular complexity index is 756. The molecular weight excluding hydrogens is 307 g/mol. The van der Waals surface area contributed by atoms with Crippen molar-refractivity contribution in [1.82, 2.24) is 4.90 Å². The van der Waals surface area contributed by atoms with Gasteiger partial charge in [-0.05, 0) is 50.2 Å². The molecule has 0 N–H and O–H groups in total. The molecule has 2 amide bonds. The highest BCUT2D eigenvalue weighted by Gasteiger charge is 2.35. The number of nitrogens with zero attached hydrogens (tertiary/aromatic N) is 2. The average molecular weight is 326 g/mol. The summed E-state index contributed by atoms with van der Waals surface area (Å²) in [5.74, 6) is -0.643. The zero-order valence-corrected chi connectivity index (χ0v) is 13.7. The molecule has 0 bridgehead atoms. The summed E-state index contributed by atoms with van der Waals surface area (Å²) < 4.78 is 13.1. The van der Waals surface area contributed by atoms with E-state index in [1.54, 1.807) is 41.0 Å². The predicted octanol–water partition coefficient (Wildman–Crippen LogP) is 3.01. The number of piperazine rings is 1. The lowest BCUT2D eigenvalue weighted by Crippen LogP contribution is -2.57. The van der Waals surface area contributed by atoms with Gasteiger partial charge in [0.1, 0.15) is 11.9 Å². The molecule has 3 rings (SSSR count). The molecule has 5 heteroatoms. The first-order valence-corrected chi connectivity index (χ1v) is 7.92. The third-order valence-corrected chi connectivity index (χ3v) is 4.35. The van der Waals surface area contributed by atoms with Crippen LogP contribution < -0.4 is 4.90 Å². The Morgan fingerprint density at radius 1 is 1.04 bits per heavy atom. The standard InChI is InChI=1S/C19H19FN2O2/c1-13-3-5-15(6-4-13)19(24)21-11-12-22(18(23)14(21)2)17-9-7-16(20)8-10-17/h3-10,14H,11-12H2,1-2H3/t14-/m1/s1. The number of aryl methyl sites for hydroxylation is 1. The van der Waals surface area contributed by atoms with Crippen LogP contribution >= 0.6 is 0 Å². The van der Waals surface area contributed by atoms with Gasteiger partial charge in [0.2, 0.25) is 5.91 Å².